The lowest BCUT2D eigenvalue weighted by molar-refractivity contribution is -0.143. The largest absolute Gasteiger partial charge is 0.392 e. The lowest BCUT2D eigenvalue weighted by atomic mass is 9.81. The molecule has 18 heavy (non-hydrogen) atoms. The molecule has 1 unspecified atom stereocenters. The quantitative estimate of drug-likeness (QED) is 0.612. The van der Waals surface area contributed by atoms with Crippen LogP contribution in [0.25, 0.3) is 0 Å². The third kappa shape index (κ3) is 2.28. The Morgan fingerprint density at radius 3 is 2.17 bits per heavy atom. The molecular weight excluding hydrogens is 248 g/mol. The fourth-order valence-corrected chi connectivity index (χ4v) is 3.03. The molecule has 0 bridgehead atoms. The van der Waals surface area contributed by atoms with Crippen molar-refractivity contribution in [3.8, 4) is 0 Å². The number of nitrogens with two attached hydrogens (primary N) is 1. The maximum Gasteiger partial charge on any atom is 0.236 e. The van der Waals surface area contributed by atoms with Gasteiger partial charge in [-0.1, -0.05) is 39.9 Å². The van der Waals surface area contributed by atoms with Gasteiger partial charge in [-0.15, -0.1) is 0 Å². The summed E-state index contributed by atoms with van der Waals surface area (Å²) >= 11 is 5.01. The van der Waals surface area contributed by atoms with E-state index in [0.29, 0.717) is 12.8 Å². The minimum atomic E-state index is -0.547. The zero-order valence-electron chi connectivity index (χ0n) is 11.5. The number of carbonyl (C=O) groups is 2. The summed E-state index contributed by atoms with van der Waals surface area (Å²) in [5.74, 6) is -0.209. The average Bonchev–Trinajstić information content (AvgIpc) is 2.53. The van der Waals surface area contributed by atoms with Crippen molar-refractivity contribution in [1.82, 2.24) is 4.90 Å². The highest BCUT2D eigenvalue weighted by Crippen LogP contribution is 2.40. The molecule has 0 radical (unpaired) electrons. The van der Waals surface area contributed by atoms with Gasteiger partial charge in [-0.05, 0) is 18.8 Å². The molecule has 1 atom stereocenters. The standard InChI is InChI=1S/C13H22N2O2S/c1-5-13(6-2)7-9(16)15(12(13)17)10(8(3)4)11(14)18/h8,10H,5-7H2,1-4H3,(H2,14,18). The molecule has 1 aliphatic rings. The van der Waals surface area contributed by atoms with Crippen LogP contribution < -0.4 is 5.73 Å². The van der Waals surface area contributed by atoms with Crippen LogP contribution in [0.3, 0.4) is 0 Å². The van der Waals surface area contributed by atoms with Crippen LogP contribution in [0, 0.1) is 11.3 Å². The zero-order valence-corrected chi connectivity index (χ0v) is 12.3. The molecule has 0 aromatic carbocycles. The van der Waals surface area contributed by atoms with Gasteiger partial charge < -0.3 is 5.73 Å². The molecule has 5 heteroatoms. The fraction of sp³-hybridized carbons (Fsp3) is 0.769. The van der Waals surface area contributed by atoms with Gasteiger partial charge in [0.05, 0.1) is 16.4 Å². The van der Waals surface area contributed by atoms with Crippen molar-refractivity contribution in [1.29, 1.82) is 0 Å². The maximum atomic E-state index is 12.5. The van der Waals surface area contributed by atoms with E-state index in [1.165, 1.54) is 4.90 Å². The van der Waals surface area contributed by atoms with Crippen molar-refractivity contribution in [2.45, 2.75) is 53.0 Å². The molecule has 0 saturated carbocycles. The van der Waals surface area contributed by atoms with Crippen molar-refractivity contribution >= 4 is 29.0 Å². The van der Waals surface area contributed by atoms with Gasteiger partial charge in [0, 0.05) is 6.42 Å². The maximum absolute atomic E-state index is 12.5. The number of imide groups is 1. The van der Waals surface area contributed by atoms with E-state index in [2.05, 4.69) is 0 Å². The molecule has 0 spiro atoms. The van der Waals surface area contributed by atoms with Crippen molar-refractivity contribution in [2.24, 2.45) is 17.1 Å². The van der Waals surface area contributed by atoms with Crippen LogP contribution in [0.1, 0.15) is 47.0 Å². The number of nitrogens with zero attached hydrogens (tertiary/aromatic N) is 1. The molecule has 102 valence electrons. The molecule has 4 nitrogen and oxygen atoms in total. The van der Waals surface area contributed by atoms with Gasteiger partial charge in [0.1, 0.15) is 0 Å². The monoisotopic (exact) mass is 270 g/mol. The highest BCUT2D eigenvalue weighted by atomic mass is 32.1. The number of hydrogen-bond acceptors (Lipinski definition) is 3. The van der Waals surface area contributed by atoms with Crippen LogP contribution in [-0.2, 0) is 9.59 Å². The second kappa shape index (κ2) is 5.34. The number of thiocarbonyl (C=S) groups is 1. The summed E-state index contributed by atoms with van der Waals surface area (Å²) < 4.78 is 0. The minimum absolute atomic E-state index is 0.0416. The van der Waals surface area contributed by atoms with Gasteiger partial charge in [0.2, 0.25) is 11.8 Å². The highest BCUT2D eigenvalue weighted by molar-refractivity contribution is 7.80. The van der Waals surface area contributed by atoms with E-state index in [1.54, 1.807) is 0 Å². The summed E-state index contributed by atoms with van der Waals surface area (Å²) in [6, 6.07) is -0.458. The van der Waals surface area contributed by atoms with Crippen molar-refractivity contribution in [2.75, 3.05) is 0 Å². The van der Waals surface area contributed by atoms with E-state index in [-0.39, 0.29) is 29.1 Å². The molecule has 1 heterocycles. The molecule has 1 fully saturated rings. The Morgan fingerprint density at radius 2 is 1.89 bits per heavy atom. The number of likely N-dealkylation sites (tertiary alicyclic amines) is 1. The smallest absolute Gasteiger partial charge is 0.236 e. The summed E-state index contributed by atoms with van der Waals surface area (Å²) in [5.41, 5.74) is 5.15. The summed E-state index contributed by atoms with van der Waals surface area (Å²) in [6.07, 6.45) is 1.63. The second-order valence-corrected chi connectivity index (χ2v) is 5.80. The lowest BCUT2D eigenvalue weighted by Gasteiger charge is -2.31. The van der Waals surface area contributed by atoms with Gasteiger partial charge in [0.15, 0.2) is 0 Å². The zero-order chi connectivity index (χ0) is 14.1. The van der Waals surface area contributed by atoms with Gasteiger partial charge in [-0.2, -0.15) is 0 Å². The Balaban J connectivity index is 3.14. The van der Waals surface area contributed by atoms with Gasteiger partial charge in [0.25, 0.3) is 0 Å². The number of amides is 2. The third-order valence-corrected chi connectivity index (χ3v) is 4.23. The lowest BCUT2D eigenvalue weighted by Crippen LogP contribution is -2.51. The number of rotatable bonds is 5. The Bertz CT molecular complexity index is 375. The SMILES string of the molecule is CCC1(CC)CC(=O)N(C(C(N)=S)C(C)C)C1=O. The van der Waals surface area contributed by atoms with Crippen LogP contribution in [0.15, 0.2) is 0 Å². The highest BCUT2D eigenvalue weighted by Gasteiger charge is 2.52. The Morgan fingerprint density at radius 1 is 1.39 bits per heavy atom. The first-order chi connectivity index (χ1) is 8.30. The van der Waals surface area contributed by atoms with E-state index < -0.39 is 11.5 Å². The molecule has 1 saturated heterocycles. The molecule has 1 rings (SSSR count). The van der Waals surface area contributed by atoms with Crippen LogP contribution in [0.5, 0.6) is 0 Å². The molecule has 2 amide bonds. The van der Waals surface area contributed by atoms with E-state index >= 15 is 0 Å². The summed E-state index contributed by atoms with van der Waals surface area (Å²) in [4.78, 5) is 26.2. The molecule has 0 aromatic heterocycles. The predicted octanol–water partition coefficient (Wildman–Crippen LogP) is 1.86. The fourth-order valence-electron chi connectivity index (χ4n) is 2.66. The second-order valence-electron chi connectivity index (χ2n) is 5.32. The topological polar surface area (TPSA) is 63.4 Å². The van der Waals surface area contributed by atoms with E-state index in [4.69, 9.17) is 18.0 Å². The Labute approximate surface area is 114 Å². The van der Waals surface area contributed by atoms with Gasteiger partial charge in [-0.25, -0.2) is 0 Å². The van der Waals surface area contributed by atoms with Crippen LogP contribution >= 0.6 is 12.2 Å². The molecule has 2 N–H and O–H groups in total. The van der Waals surface area contributed by atoms with E-state index in [0.717, 1.165) is 0 Å². The van der Waals surface area contributed by atoms with Crippen molar-refractivity contribution in [3.05, 3.63) is 0 Å². The molecule has 0 aromatic rings. The molecule has 0 aliphatic carbocycles. The van der Waals surface area contributed by atoms with Crippen LogP contribution in [-0.4, -0.2) is 27.7 Å². The number of hydrogen-bond donors (Lipinski definition) is 1. The first-order valence-electron chi connectivity index (χ1n) is 6.46. The van der Waals surface area contributed by atoms with Crippen LogP contribution in [0.4, 0.5) is 0 Å². The van der Waals surface area contributed by atoms with Gasteiger partial charge >= 0.3 is 0 Å². The van der Waals surface area contributed by atoms with Crippen LogP contribution in [0.2, 0.25) is 0 Å². The van der Waals surface area contributed by atoms with E-state index in [1.807, 2.05) is 27.7 Å². The first-order valence-corrected chi connectivity index (χ1v) is 6.87. The first kappa shape index (κ1) is 15.1. The predicted molar refractivity (Wildman–Crippen MR) is 74.9 cm³/mol. The summed E-state index contributed by atoms with van der Waals surface area (Å²) in [5, 5.41) is 0. The van der Waals surface area contributed by atoms with Crippen molar-refractivity contribution < 1.29 is 9.59 Å². The van der Waals surface area contributed by atoms with E-state index in [9.17, 15) is 9.59 Å². The van der Waals surface area contributed by atoms with Gasteiger partial charge in [-0.3, -0.25) is 14.5 Å². The minimum Gasteiger partial charge on any atom is -0.392 e. The Kier molecular flexibility index (Phi) is 4.48. The Hall–Kier alpha value is -0.970. The average molecular weight is 270 g/mol. The molecular formula is C13H22N2O2S. The third-order valence-electron chi connectivity index (χ3n) is 3.99. The van der Waals surface area contributed by atoms with Crippen molar-refractivity contribution in [3.63, 3.8) is 0 Å². The normalized spacial score (nSPS) is 20.6. The summed E-state index contributed by atoms with van der Waals surface area (Å²) in [7, 11) is 0. The number of carbonyl (C=O) groups excluding carboxylic acids is 2. The summed E-state index contributed by atoms with van der Waals surface area (Å²) in [6.45, 7) is 7.73. The molecule has 1 aliphatic heterocycles.